The topological polar surface area (TPSA) is 72.8 Å². The Labute approximate surface area is 129 Å². The van der Waals surface area contributed by atoms with Crippen LogP contribution in [0.5, 0.6) is 0 Å². The molecule has 5 nitrogen and oxygen atoms in total. The van der Waals surface area contributed by atoms with Crippen LogP contribution in [0.1, 0.15) is 22.3 Å². The number of fused-ring (bicyclic) bond motifs is 1. The Kier molecular flexibility index (Phi) is 3.79. The number of oxime groups is 1. The summed E-state index contributed by atoms with van der Waals surface area (Å²) in [6, 6.07) is 6.52. The molecule has 0 aliphatic carbocycles. The molecule has 0 unspecified atom stereocenters. The van der Waals surface area contributed by atoms with Crippen LogP contribution >= 0.6 is 11.3 Å². The highest BCUT2D eigenvalue weighted by Crippen LogP contribution is 2.30. The minimum atomic E-state index is -3.27. The van der Waals surface area contributed by atoms with Crippen LogP contribution in [0, 0.1) is 5.82 Å². The lowest BCUT2D eigenvalue weighted by Crippen LogP contribution is -2.20. The number of carbonyl (C=O) groups is 1. The molecule has 2 heterocycles. The zero-order chi connectivity index (χ0) is 15.7. The summed E-state index contributed by atoms with van der Waals surface area (Å²) in [5.41, 5.74) is 1.06. The quantitative estimate of drug-likeness (QED) is 0.623. The third-order valence-corrected chi connectivity index (χ3v) is 6.43. The van der Waals surface area contributed by atoms with E-state index in [1.165, 1.54) is 12.1 Å². The predicted molar refractivity (Wildman–Crippen MR) is 79.3 cm³/mol. The van der Waals surface area contributed by atoms with E-state index in [0.29, 0.717) is 11.3 Å². The lowest BCUT2D eigenvalue weighted by Gasteiger charge is -2.13. The summed E-state index contributed by atoms with van der Waals surface area (Å²) in [5.74, 6) is -1.24. The van der Waals surface area contributed by atoms with Gasteiger partial charge in [0.25, 0.3) is 0 Å². The van der Waals surface area contributed by atoms with Crippen LogP contribution in [0.4, 0.5) is 4.39 Å². The number of nitrogens with zero attached hydrogens (tertiary/aromatic N) is 1. The normalized spacial score (nSPS) is 18.0. The van der Waals surface area contributed by atoms with E-state index in [2.05, 4.69) is 5.16 Å². The molecule has 1 aromatic heterocycles. The van der Waals surface area contributed by atoms with E-state index in [1.807, 2.05) is 0 Å². The van der Waals surface area contributed by atoms with E-state index < -0.39 is 21.6 Å². The average molecular weight is 339 g/mol. The lowest BCUT2D eigenvalue weighted by atomic mass is 10.1. The van der Waals surface area contributed by atoms with E-state index in [1.54, 1.807) is 11.4 Å². The van der Waals surface area contributed by atoms with Gasteiger partial charge in [-0.15, -0.1) is 11.3 Å². The standard InChI is InChI=1S/C14H10FNO4S2/c15-10-3-1-9(2-4-10)13(17)20-16-12-6-8-22(18,19)14-11(12)5-7-21-14/h1-5,7H,6,8H2/b16-12-. The Morgan fingerprint density at radius 3 is 2.68 bits per heavy atom. The van der Waals surface area contributed by atoms with Gasteiger partial charge in [-0.2, -0.15) is 0 Å². The first-order valence-corrected chi connectivity index (χ1v) is 8.85. The Hall–Kier alpha value is -2.06. The molecule has 22 heavy (non-hydrogen) atoms. The molecule has 0 amide bonds. The third-order valence-electron chi connectivity index (χ3n) is 3.15. The van der Waals surface area contributed by atoms with Gasteiger partial charge in [0.2, 0.25) is 0 Å². The number of carbonyl (C=O) groups excluding carboxylic acids is 1. The predicted octanol–water partition coefficient (Wildman–Crippen LogP) is 2.63. The highest BCUT2D eigenvalue weighted by molar-refractivity contribution is 7.93. The Morgan fingerprint density at radius 1 is 1.23 bits per heavy atom. The molecule has 0 saturated heterocycles. The smallest absolute Gasteiger partial charge is 0.313 e. The van der Waals surface area contributed by atoms with Gasteiger partial charge < -0.3 is 4.84 Å². The van der Waals surface area contributed by atoms with Gasteiger partial charge >= 0.3 is 5.97 Å². The van der Waals surface area contributed by atoms with Crippen LogP contribution in [0.3, 0.4) is 0 Å². The summed E-state index contributed by atoms with van der Waals surface area (Å²) in [7, 11) is -3.27. The molecule has 1 aliphatic rings. The molecule has 1 aliphatic heterocycles. The van der Waals surface area contributed by atoms with Crippen molar-refractivity contribution in [1.29, 1.82) is 0 Å². The number of halogens is 1. The van der Waals surface area contributed by atoms with Crippen molar-refractivity contribution in [1.82, 2.24) is 0 Å². The van der Waals surface area contributed by atoms with Gasteiger partial charge in [-0.25, -0.2) is 17.6 Å². The van der Waals surface area contributed by atoms with Crippen molar-refractivity contribution >= 4 is 32.9 Å². The third kappa shape index (κ3) is 2.79. The van der Waals surface area contributed by atoms with E-state index in [4.69, 9.17) is 4.84 Å². The van der Waals surface area contributed by atoms with E-state index >= 15 is 0 Å². The van der Waals surface area contributed by atoms with Gasteiger partial charge in [0.15, 0.2) is 9.84 Å². The zero-order valence-corrected chi connectivity index (χ0v) is 12.8. The monoisotopic (exact) mass is 339 g/mol. The van der Waals surface area contributed by atoms with Crippen molar-refractivity contribution in [2.45, 2.75) is 10.6 Å². The first kappa shape index (κ1) is 14.9. The summed E-state index contributed by atoms with van der Waals surface area (Å²) < 4.78 is 36.8. The number of hydrogen-bond donors (Lipinski definition) is 0. The number of thiophene rings is 1. The first-order valence-electron chi connectivity index (χ1n) is 6.32. The second kappa shape index (κ2) is 5.62. The van der Waals surface area contributed by atoms with Crippen LogP contribution in [-0.4, -0.2) is 25.9 Å². The summed E-state index contributed by atoms with van der Waals surface area (Å²) in [6.07, 6.45) is 0.183. The zero-order valence-electron chi connectivity index (χ0n) is 11.2. The molecule has 0 atom stereocenters. The maximum Gasteiger partial charge on any atom is 0.365 e. The van der Waals surface area contributed by atoms with Crippen molar-refractivity contribution in [3.05, 3.63) is 52.7 Å². The van der Waals surface area contributed by atoms with Crippen molar-refractivity contribution in [3.63, 3.8) is 0 Å². The summed E-state index contributed by atoms with van der Waals surface area (Å²) >= 11 is 1.12. The maximum absolute atomic E-state index is 12.8. The van der Waals surface area contributed by atoms with Gasteiger partial charge in [0.05, 0.1) is 17.0 Å². The molecule has 0 spiro atoms. The van der Waals surface area contributed by atoms with Crippen LogP contribution < -0.4 is 0 Å². The largest absolute Gasteiger partial charge is 0.365 e. The molecule has 0 fully saturated rings. The van der Waals surface area contributed by atoms with Crippen molar-refractivity contribution in [3.8, 4) is 0 Å². The Morgan fingerprint density at radius 2 is 1.95 bits per heavy atom. The van der Waals surface area contributed by atoms with Crippen LogP contribution in [0.2, 0.25) is 0 Å². The Bertz CT molecular complexity index is 853. The van der Waals surface area contributed by atoms with Gasteiger partial charge in [0, 0.05) is 12.0 Å². The highest BCUT2D eigenvalue weighted by Gasteiger charge is 2.29. The molecular formula is C14H10FNO4S2. The number of rotatable bonds is 2. The minimum absolute atomic E-state index is 0.0621. The van der Waals surface area contributed by atoms with Crippen LogP contribution in [0.15, 0.2) is 45.1 Å². The van der Waals surface area contributed by atoms with E-state index in [-0.39, 0.29) is 21.9 Å². The number of sulfone groups is 1. The van der Waals surface area contributed by atoms with Crippen molar-refractivity contribution in [2.24, 2.45) is 5.16 Å². The fourth-order valence-electron chi connectivity index (χ4n) is 2.04. The highest BCUT2D eigenvalue weighted by atomic mass is 32.2. The maximum atomic E-state index is 12.8. The summed E-state index contributed by atoms with van der Waals surface area (Å²) in [4.78, 5) is 16.6. The van der Waals surface area contributed by atoms with Crippen molar-refractivity contribution in [2.75, 3.05) is 5.75 Å². The van der Waals surface area contributed by atoms with Gasteiger partial charge in [0.1, 0.15) is 10.0 Å². The molecule has 3 rings (SSSR count). The Balaban J connectivity index is 1.82. The van der Waals surface area contributed by atoms with Crippen LogP contribution in [0.25, 0.3) is 0 Å². The minimum Gasteiger partial charge on any atom is -0.313 e. The lowest BCUT2D eigenvalue weighted by molar-refractivity contribution is 0.0515. The van der Waals surface area contributed by atoms with Gasteiger partial charge in [-0.05, 0) is 35.7 Å². The first-order chi connectivity index (χ1) is 10.5. The molecule has 0 radical (unpaired) electrons. The van der Waals surface area contributed by atoms with E-state index in [0.717, 1.165) is 23.5 Å². The molecule has 114 valence electrons. The van der Waals surface area contributed by atoms with Crippen molar-refractivity contribution < 1.29 is 22.4 Å². The van der Waals surface area contributed by atoms with Gasteiger partial charge in [-0.1, -0.05) is 5.16 Å². The molecule has 0 N–H and O–H groups in total. The second-order valence-corrected chi connectivity index (χ2v) is 7.83. The fraction of sp³-hybridized carbons (Fsp3) is 0.143. The fourth-order valence-corrected chi connectivity index (χ4v) is 4.85. The molecule has 2 aromatic rings. The molecule has 0 bridgehead atoms. The van der Waals surface area contributed by atoms with Crippen LogP contribution in [-0.2, 0) is 14.7 Å². The molecular weight excluding hydrogens is 329 g/mol. The van der Waals surface area contributed by atoms with E-state index in [9.17, 15) is 17.6 Å². The number of benzene rings is 1. The second-order valence-electron chi connectivity index (χ2n) is 4.61. The summed E-state index contributed by atoms with van der Waals surface area (Å²) in [5, 5.41) is 5.43. The molecule has 0 saturated carbocycles. The average Bonchev–Trinajstić information content (AvgIpc) is 2.98. The number of hydrogen-bond acceptors (Lipinski definition) is 6. The molecule has 8 heteroatoms. The summed E-state index contributed by atoms with van der Waals surface area (Å²) in [6.45, 7) is 0. The SMILES string of the molecule is O=C(O/N=C1/CCS(=O)(=O)c2sccc21)c1ccc(F)cc1. The van der Waals surface area contributed by atoms with Gasteiger partial charge in [-0.3, -0.25) is 0 Å². The molecule has 1 aromatic carbocycles.